The van der Waals surface area contributed by atoms with Gasteiger partial charge in [0.2, 0.25) is 0 Å². The summed E-state index contributed by atoms with van der Waals surface area (Å²) in [5, 5.41) is 11.1. The van der Waals surface area contributed by atoms with E-state index in [4.69, 9.17) is 9.94 Å². The summed E-state index contributed by atoms with van der Waals surface area (Å²) in [6, 6.07) is 16.6. The van der Waals surface area contributed by atoms with Crippen molar-refractivity contribution in [2.75, 3.05) is 0 Å². The smallest absolute Gasteiger partial charge is 0.338 e. The number of hydrogen-bond acceptors (Lipinski definition) is 3. The van der Waals surface area contributed by atoms with Gasteiger partial charge in [-0.3, -0.25) is 5.21 Å². The molecule has 0 radical (unpaired) electrons. The summed E-state index contributed by atoms with van der Waals surface area (Å²) in [5.74, 6) is 0.765. The second kappa shape index (κ2) is 7.31. The SMILES string of the molecule is CC(NC(=O)NO)c1ccc(OCc2ccccc2)cc1. The highest BCUT2D eigenvalue weighted by molar-refractivity contribution is 5.72. The van der Waals surface area contributed by atoms with Crippen molar-refractivity contribution in [3.63, 3.8) is 0 Å². The number of nitrogens with one attached hydrogen (secondary N) is 2. The van der Waals surface area contributed by atoms with Gasteiger partial charge in [-0.15, -0.1) is 0 Å². The maximum atomic E-state index is 11.0. The second-order valence-corrected chi connectivity index (χ2v) is 4.65. The molecule has 2 aromatic rings. The van der Waals surface area contributed by atoms with Crippen LogP contribution in [0.4, 0.5) is 4.79 Å². The third kappa shape index (κ3) is 4.50. The van der Waals surface area contributed by atoms with Crippen LogP contribution in [0, 0.1) is 0 Å². The molecule has 0 aliphatic rings. The van der Waals surface area contributed by atoms with E-state index in [2.05, 4.69) is 5.32 Å². The second-order valence-electron chi connectivity index (χ2n) is 4.65. The summed E-state index contributed by atoms with van der Waals surface area (Å²) >= 11 is 0. The first-order chi connectivity index (χ1) is 10.2. The van der Waals surface area contributed by atoms with Crippen LogP contribution in [0.15, 0.2) is 54.6 Å². The van der Waals surface area contributed by atoms with E-state index in [9.17, 15) is 4.79 Å². The minimum atomic E-state index is -0.632. The molecule has 2 amide bonds. The van der Waals surface area contributed by atoms with Gasteiger partial charge in [0.15, 0.2) is 0 Å². The number of amides is 2. The van der Waals surface area contributed by atoms with Gasteiger partial charge < -0.3 is 10.1 Å². The first kappa shape index (κ1) is 14.9. The standard InChI is InChI=1S/C16H18N2O3/c1-12(17-16(19)18-20)14-7-9-15(10-8-14)21-11-13-5-3-2-4-6-13/h2-10,12,20H,11H2,1H3,(H2,17,18,19). The number of hydroxylamine groups is 1. The lowest BCUT2D eigenvalue weighted by Gasteiger charge is -2.14. The van der Waals surface area contributed by atoms with Gasteiger partial charge in [-0.25, -0.2) is 10.3 Å². The first-order valence-electron chi connectivity index (χ1n) is 6.66. The molecule has 0 bridgehead atoms. The molecule has 0 aromatic heterocycles. The molecule has 21 heavy (non-hydrogen) atoms. The predicted octanol–water partition coefficient (Wildman–Crippen LogP) is 3.02. The molecule has 2 aromatic carbocycles. The van der Waals surface area contributed by atoms with Crippen molar-refractivity contribution >= 4 is 6.03 Å². The fraction of sp³-hybridized carbons (Fsp3) is 0.188. The van der Waals surface area contributed by atoms with Gasteiger partial charge in [0.05, 0.1) is 6.04 Å². The number of carbonyl (C=O) groups is 1. The monoisotopic (exact) mass is 286 g/mol. The molecule has 110 valence electrons. The van der Waals surface area contributed by atoms with Crippen LogP contribution in [0.2, 0.25) is 0 Å². The highest BCUT2D eigenvalue weighted by Gasteiger charge is 2.08. The molecule has 0 aliphatic heterocycles. The molecule has 0 heterocycles. The molecule has 5 heteroatoms. The minimum Gasteiger partial charge on any atom is -0.489 e. The van der Waals surface area contributed by atoms with Crippen LogP contribution >= 0.6 is 0 Å². The van der Waals surface area contributed by atoms with E-state index in [0.717, 1.165) is 16.9 Å². The van der Waals surface area contributed by atoms with E-state index in [1.54, 1.807) is 5.48 Å². The number of benzene rings is 2. The van der Waals surface area contributed by atoms with Gasteiger partial charge in [-0.05, 0) is 30.2 Å². The third-order valence-electron chi connectivity index (χ3n) is 3.08. The molecule has 5 nitrogen and oxygen atoms in total. The third-order valence-corrected chi connectivity index (χ3v) is 3.08. The Bertz CT molecular complexity index is 570. The Morgan fingerprint density at radius 1 is 1.14 bits per heavy atom. The van der Waals surface area contributed by atoms with Gasteiger partial charge >= 0.3 is 6.03 Å². The largest absolute Gasteiger partial charge is 0.489 e. The van der Waals surface area contributed by atoms with Crippen LogP contribution in [-0.4, -0.2) is 11.2 Å². The molecule has 0 saturated carbocycles. The van der Waals surface area contributed by atoms with Crippen LogP contribution in [0.1, 0.15) is 24.1 Å². The number of ether oxygens (including phenoxy) is 1. The average molecular weight is 286 g/mol. The summed E-state index contributed by atoms with van der Waals surface area (Å²) < 4.78 is 5.69. The van der Waals surface area contributed by atoms with Crippen LogP contribution < -0.4 is 15.5 Å². The molecular weight excluding hydrogens is 268 g/mol. The summed E-state index contributed by atoms with van der Waals surface area (Å²) in [6.07, 6.45) is 0. The molecule has 1 atom stereocenters. The summed E-state index contributed by atoms with van der Waals surface area (Å²) in [4.78, 5) is 11.0. The Hall–Kier alpha value is -2.53. The zero-order valence-corrected chi connectivity index (χ0v) is 11.7. The van der Waals surface area contributed by atoms with Crippen molar-refractivity contribution in [2.24, 2.45) is 0 Å². The van der Waals surface area contributed by atoms with E-state index >= 15 is 0 Å². The maximum Gasteiger partial charge on any atom is 0.338 e. The van der Waals surface area contributed by atoms with Crippen molar-refractivity contribution in [1.29, 1.82) is 0 Å². The lowest BCUT2D eigenvalue weighted by atomic mass is 10.1. The molecule has 3 N–H and O–H groups in total. The molecule has 0 spiro atoms. The lowest BCUT2D eigenvalue weighted by molar-refractivity contribution is 0.159. The van der Waals surface area contributed by atoms with E-state index in [0.29, 0.717) is 6.61 Å². The Labute approximate surface area is 123 Å². The zero-order valence-electron chi connectivity index (χ0n) is 11.7. The topological polar surface area (TPSA) is 70.6 Å². The number of urea groups is 1. The Kier molecular flexibility index (Phi) is 5.17. The van der Waals surface area contributed by atoms with Gasteiger partial charge in [0.25, 0.3) is 0 Å². The quantitative estimate of drug-likeness (QED) is 0.584. The average Bonchev–Trinajstić information content (AvgIpc) is 2.54. The van der Waals surface area contributed by atoms with Crippen molar-refractivity contribution in [1.82, 2.24) is 10.8 Å². The molecule has 1 unspecified atom stereocenters. The highest BCUT2D eigenvalue weighted by atomic mass is 16.5. The fourth-order valence-electron chi connectivity index (χ4n) is 1.91. The molecular formula is C16H18N2O3. The fourth-order valence-corrected chi connectivity index (χ4v) is 1.91. The number of carbonyl (C=O) groups excluding carboxylic acids is 1. The molecule has 0 fully saturated rings. The Balaban J connectivity index is 1.91. The first-order valence-corrected chi connectivity index (χ1v) is 6.66. The molecule has 2 rings (SSSR count). The molecule has 0 aliphatic carbocycles. The summed E-state index contributed by atoms with van der Waals surface area (Å²) in [7, 11) is 0. The van der Waals surface area contributed by atoms with Crippen LogP contribution in [-0.2, 0) is 6.61 Å². The van der Waals surface area contributed by atoms with Crippen LogP contribution in [0.5, 0.6) is 5.75 Å². The van der Waals surface area contributed by atoms with Crippen LogP contribution in [0.3, 0.4) is 0 Å². The summed E-state index contributed by atoms with van der Waals surface area (Å²) in [6.45, 7) is 2.34. The molecule has 0 saturated heterocycles. The Morgan fingerprint density at radius 3 is 2.43 bits per heavy atom. The van der Waals surface area contributed by atoms with Gasteiger partial charge in [-0.2, -0.15) is 0 Å². The van der Waals surface area contributed by atoms with Crippen molar-refractivity contribution in [3.05, 3.63) is 65.7 Å². The number of hydrogen-bond donors (Lipinski definition) is 3. The number of rotatable bonds is 5. The van der Waals surface area contributed by atoms with Crippen molar-refractivity contribution < 1.29 is 14.7 Å². The van der Waals surface area contributed by atoms with E-state index in [1.807, 2.05) is 61.5 Å². The Morgan fingerprint density at radius 2 is 1.81 bits per heavy atom. The predicted molar refractivity (Wildman–Crippen MR) is 79.1 cm³/mol. The summed E-state index contributed by atoms with van der Waals surface area (Å²) in [5.41, 5.74) is 3.57. The van der Waals surface area contributed by atoms with E-state index in [-0.39, 0.29) is 6.04 Å². The maximum absolute atomic E-state index is 11.0. The van der Waals surface area contributed by atoms with Crippen molar-refractivity contribution in [3.8, 4) is 5.75 Å². The normalized spacial score (nSPS) is 11.5. The van der Waals surface area contributed by atoms with Gasteiger partial charge in [-0.1, -0.05) is 42.5 Å². The minimum absolute atomic E-state index is 0.208. The van der Waals surface area contributed by atoms with E-state index in [1.165, 1.54) is 0 Å². The zero-order chi connectivity index (χ0) is 15.1. The van der Waals surface area contributed by atoms with Crippen molar-refractivity contribution in [2.45, 2.75) is 19.6 Å². The van der Waals surface area contributed by atoms with Crippen LogP contribution in [0.25, 0.3) is 0 Å². The van der Waals surface area contributed by atoms with Gasteiger partial charge in [0.1, 0.15) is 12.4 Å². The van der Waals surface area contributed by atoms with Gasteiger partial charge in [0, 0.05) is 0 Å². The lowest BCUT2D eigenvalue weighted by Crippen LogP contribution is -2.34. The highest BCUT2D eigenvalue weighted by Crippen LogP contribution is 2.18. The van der Waals surface area contributed by atoms with E-state index < -0.39 is 6.03 Å².